The second-order valence-electron chi connectivity index (χ2n) is 6.69. The molecule has 30 heavy (non-hydrogen) atoms. The molecule has 154 valence electrons. The van der Waals surface area contributed by atoms with Crippen LogP contribution in [0.3, 0.4) is 0 Å². The van der Waals surface area contributed by atoms with Gasteiger partial charge in [-0.05, 0) is 23.3 Å². The molecule has 0 radical (unpaired) electrons. The highest BCUT2D eigenvalue weighted by Crippen LogP contribution is 2.19. The van der Waals surface area contributed by atoms with Gasteiger partial charge in [0.15, 0.2) is 0 Å². The van der Waals surface area contributed by atoms with Crippen LogP contribution in [-0.4, -0.2) is 23.6 Å². The van der Waals surface area contributed by atoms with E-state index < -0.39 is 17.9 Å². The molecule has 0 aliphatic heterocycles. The zero-order valence-corrected chi connectivity index (χ0v) is 17.1. The van der Waals surface area contributed by atoms with Crippen molar-refractivity contribution in [2.75, 3.05) is 7.11 Å². The van der Waals surface area contributed by atoms with E-state index in [4.69, 9.17) is 16.3 Å². The highest BCUT2D eigenvalue weighted by Gasteiger charge is 2.20. The lowest BCUT2D eigenvalue weighted by atomic mass is 10.0. The lowest BCUT2D eigenvalue weighted by Crippen LogP contribution is -2.31. The maximum absolute atomic E-state index is 12.9. The number of pyridine rings is 1. The number of carbonyl (C=O) groups is 2. The van der Waals surface area contributed by atoms with E-state index in [2.05, 4.69) is 5.32 Å². The summed E-state index contributed by atoms with van der Waals surface area (Å²) in [6.45, 7) is 0.240. The smallest absolute Gasteiger partial charge is 0.307 e. The first-order chi connectivity index (χ1) is 14.5. The van der Waals surface area contributed by atoms with Crippen LogP contribution in [-0.2, 0) is 16.1 Å². The fraction of sp³-hybridized carbons (Fsp3) is 0.174. The number of methoxy groups -OCH3 is 1. The number of esters is 1. The van der Waals surface area contributed by atoms with Gasteiger partial charge in [0.1, 0.15) is 0 Å². The summed E-state index contributed by atoms with van der Waals surface area (Å²) in [6, 6.07) is 18.6. The normalized spacial score (nSPS) is 11.5. The molecule has 3 aromatic rings. The number of amides is 1. The van der Waals surface area contributed by atoms with Crippen molar-refractivity contribution < 1.29 is 14.3 Å². The summed E-state index contributed by atoms with van der Waals surface area (Å²) >= 11 is 6.19. The molecule has 7 heteroatoms. The molecule has 0 aliphatic rings. The SMILES string of the molecule is COC(=O)CC(NC(=O)c1ccc(=O)n(Cc2ccccc2Cl)c1)c1ccccc1. The predicted octanol–water partition coefficient (Wildman–Crippen LogP) is 3.58. The number of hydrogen-bond donors (Lipinski definition) is 1. The first-order valence-corrected chi connectivity index (χ1v) is 9.72. The average molecular weight is 425 g/mol. The van der Waals surface area contributed by atoms with Crippen molar-refractivity contribution in [1.82, 2.24) is 9.88 Å². The van der Waals surface area contributed by atoms with Crippen molar-refractivity contribution in [3.8, 4) is 0 Å². The largest absolute Gasteiger partial charge is 0.469 e. The standard InChI is InChI=1S/C23H21ClN2O4/c1-30-22(28)13-20(16-7-3-2-4-8-16)25-23(29)18-11-12-21(27)26(15-18)14-17-9-5-6-10-19(17)24/h2-12,15,20H,13-14H2,1H3,(H,25,29). The predicted molar refractivity (Wildman–Crippen MR) is 115 cm³/mol. The molecular formula is C23H21ClN2O4. The van der Waals surface area contributed by atoms with Gasteiger partial charge >= 0.3 is 5.97 Å². The van der Waals surface area contributed by atoms with Crippen LogP contribution in [0, 0.1) is 0 Å². The summed E-state index contributed by atoms with van der Waals surface area (Å²) in [5.41, 5.74) is 1.60. The van der Waals surface area contributed by atoms with E-state index in [0.717, 1.165) is 11.1 Å². The molecule has 2 aromatic carbocycles. The van der Waals surface area contributed by atoms with Crippen molar-refractivity contribution in [1.29, 1.82) is 0 Å². The van der Waals surface area contributed by atoms with Gasteiger partial charge in [-0.15, -0.1) is 0 Å². The Balaban J connectivity index is 1.83. The van der Waals surface area contributed by atoms with Gasteiger partial charge in [-0.1, -0.05) is 60.1 Å². The van der Waals surface area contributed by atoms with Gasteiger partial charge in [-0.2, -0.15) is 0 Å². The molecule has 1 unspecified atom stereocenters. The van der Waals surface area contributed by atoms with Gasteiger partial charge in [0, 0.05) is 17.3 Å². The van der Waals surface area contributed by atoms with E-state index in [1.807, 2.05) is 48.5 Å². The maximum Gasteiger partial charge on any atom is 0.307 e. The van der Waals surface area contributed by atoms with Crippen LogP contribution in [0.25, 0.3) is 0 Å². The summed E-state index contributed by atoms with van der Waals surface area (Å²) in [5.74, 6) is -0.839. The third-order valence-electron chi connectivity index (χ3n) is 4.65. The molecule has 0 saturated heterocycles. The Labute approximate surface area is 179 Å². The number of carbonyl (C=O) groups excluding carboxylic acids is 2. The monoisotopic (exact) mass is 424 g/mol. The molecule has 0 bridgehead atoms. The van der Waals surface area contributed by atoms with Gasteiger partial charge in [-0.3, -0.25) is 14.4 Å². The van der Waals surface area contributed by atoms with Crippen LogP contribution < -0.4 is 10.9 Å². The number of benzene rings is 2. The van der Waals surface area contributed by atoms with E-state index in [0.29, 0.717) is 10.6 Å². The van der Waals surface area contributed by atoms with Crippen molar-refractivity contribution in [3.05, 3.63) is 105 Å². The van der Waals surface area contributed by atoms with Crippen molar-refractivity contribution in [3.63, 3.8) is 0 Å². The minimum Gasteiger partial charge on any atom is -0.469 e. The Bertz CT molecular complexity index is 1100. The van der Waals surface area contributed by atoms with Gasteiger partial charge in [0.2, 0.25) is 0 Å². The third kappa shape index (κ3) is 5.36. The number of ether oxygens (including phenoxy) is 1. The summed E-state index contributed by atoms with van der Waals surface area (Å²) in [5, 5.41) is 3.40. The van der Waals surface area contributed by atoms with Crippen molar-refractivity contribution in [2.45, 2.75) is 19.0 Å². The van der Waals surface area contributed by atoms with Gasteiger partial charge < -0.3 is 14.6 Å². The second kappa shape index (κ2) is 9.89. The fourth-order valence-electron chi connectivity index (χ4n) is 3.03. The average Bonchev–Trinajstić information content (AvgIpc) is 2.76. The molecule has 6 nitrogen and oxygen atoms in total. The first-order valence-electron chi connectivity index (χ1n) is 9.34. The highest BCUT2D eigenvalue weighted by atomic mass is 35.5. The van der Waals surface area contributed by atoms with Crippen molar-refractivity contribution in [2.24, 2.45) is 0 Å². The van der Waals surface area contributed by atoms with E-state index >= 15 is 0 Å². The molecule has 3 rings (SSSR count). The fourth-order valence-corrected chi connectivity index (χ4v) is 3.22. The zero-order valence-electron chi connectivity index (χ0n) is 16.4. The van der Waals surface area contributed by atoms with Crippen LogP contribution >= 0.6 is 11.6 Å². The van der Waals surface area contributed by atoms with Crippen molar-refractivity contribution >= 4 is 23.5 Å². The molecule has 0 saturated carbocycles. The number of hydrogen-bond acceptors (Lipinski definition) is 4. The lowest BCUT2D eigenvalue weighted by molar-refractivity contribution is -0.141. The molecule has 1 N–H and O–H groups in total. The van der Waals surface area contributed by atoms with E-state index in [1.54, 1.807) is 6.07 Å². The lowest BCUT2D eigenvalue weighted by Gasteiger charge is -2.18. The zero-order chi connectivity index (χ0) is 21.5. The Morgan fingerprint density at radius 1 is 1.03 bits per heavy atom. The topological polar surface area (TPSA) is 77.4 Å². The number of nitrogens with one attached hydrogen (secondary N) is 1. The number of halogens is 1. The van der Waals surface area contributed by atoms with Crippen LogP contribution in [0.4, 0.5) is 0 Å². The Morgan fingerprint density at radius 2 is 1.73 bits per heavy atom. The highest BCUT2D eigenvalue weighted by molar-refractivity contribution is 6.31. The summed E-state index contributed by atoms with van der Waals surface area (Å²) in [7, 11) is 1.30. The minimum absolute atomic E-state index is 0.00842. The van der Waals surface area contributed by atoms with Gasteiger partial charge in [0.05, 0.1) is 31.7 Å². The second-order valence-corrected chi connectivity index (χ2v) is 7.10. The number of nitrogens with zero attached hydrogens (tertiary/aromatic N) is 1. The molecule has 1 amide bonds. The third-order valence-corrected chi connectivity index (χ3v) is 5.02. The number of aromatic nitrogens is 1. The molecule has 0 fully saturated rings. The molecule has 1 heterocycles. The van der Waals surface area contributed by atoms with Gasteiger partial charge in [-0.25, -0.2) is 0 Å². The summed E-state index contributed by atoms with van der Waals surface area (Å²) < 4.78 is 6.18. The quantitative estimate of drug-likeness (QED) is 0.588. The maximum atomic E-state index is 12.9. The van der Waals surface area contributed by atoms with Crippen LogP contribution in [0.2, 0.25) is 5.02 Å². The summed E-state index contributed by atoms with van der Waals surface area (Å²) in [6.07, 6.45) is 1.48. The molecular weight excluding hydrogens is 404 g/mol. The minimum atomic E-state index is -0.560. The molecule has 0 spiro atoms. The van der Waals surface area contributed by atoms with E-state index in [1.165, 1.54) is 30.0 Å². The van der Waals surface area contributed by atoms with Gasteiger partial charge in [0.25, 0.3) is 11.5 Å². The summed E-state index contributed by atoms with van der Waals surface area (Å²) in [4.78, 5) is 37.0. The van der Waals surface area contributed by atoms with E-state index in [-0.39, 0.29) is 18.5 Å². The Morgan fingerprint density at radius 3 is 2.43 bits per heavy atom. The molecule has 1 aromatic heterocycles. The Hall–Kier alpha value is -3.38. The van der Waals surface area contributed by atoms with Crippen LogP contribution in [0.1, 0.15) is 33.9 Å². The molecule has 1 atom stereocenters. The van der Waals surface area contributed by atoms with Crippen LogP contribution in [0.5, 0.6) is 0 Å². The Kier molecular flexibility index (Phi) is 7.03. The first kappa shape index (κ1) is 21.3. The van der Waals surface area contributed by atoms with E-state index in [9.17, 15) is 14.4 Å². The molecule has 0 aliphatic carbocycles. The number of rotatable bonds is 7. The van der Waals surface area contributed by atoms with Crippen LogP contribution in [0.15, 0.2) is 77.7 Å².